The molecule has 46 heavy (non-hydrogen) atoms. The summed E-state index contributed by atoms with van der Waals surface area (Å²) in [5, 5.41) is 0. The number of hydroxylamine groups is 1. The summed E-state index contributed by atoms with van der Waals surface area (Å²) >= 11 is 0. The minimum atomic E-state index is 0.198. The van der Waals surface area contributed by atoms with Crippen molar-refractivity contribution >= 4 is 12.0 Å². The highest BCUT2D eigenvalue weighted by Crippen LogP contribution is 2.19. The minimum Gasteiger partial charge on any atom is -0.414 e. The molecule has 0 aromatic carbocycles. The molecule has 6 nitrogen and oxygen atoms in total. The molecule has 2 atom stereocenters. The number of quaternary nitrogens is 1. The van der Waals surface area contributed by atoms with E-state index in [1.807, 2.05) is 41.7 Å². The van der Waals surface area contributed by atoms with Gasteiger partial charge in [0, 0.05) is 44.6 Å². The number of nitrogens with zero attached hydrogens (tertiary/aromatic N) is 2. The number of carbonyl (C=O) groups excluding carboxylic acids is 1. The molecule has 3 N–H and O–H groups in total. The number of aliphatic imine (C=N–C) groups is 1. The number of hydrogen-bond acceptors (Lipinski definition) is 5. The third-order valence-corrected chi connectivity index (χ3v) is 7.61. The number of hydrogen-bond donors (Lipinski definition) is 2. The van der Waals surface area contributed by atoms with Gasteiger partial charge >= 0.3 is 0 Å². The highest BCUT2D eigenvalue weighted by molar-refractivity contribution is 5.98. The topological polar surface area (TPSA) is 76.7 Å². The molecule has 0 fully saturated rings. The lowest BCUT2D eigenvalue weighted by molar-refractivity contribution is -0.927. The summed E-state index contributed by atoms with van der Waals surface area (Å²) in [5.74, 6) is 0.719. The zero-order valence-corrected chi connectivity index (χ0v) is 33.9. The lowest BCUT2D eigenvalue weighted by Gasteiger charge is -2.40. The molecular formula is C40H87N4O2+. The van der Waals surface area contributed by atoms with Gasteiger partial charge in [0.1, 0.15) is 24.8 Å². The summed E-state index contributed by atoms with van der Waals surface area (Å²) in [6.45, 7) is 29.5. The maximum atomic E-state index is 9.56. The van der Waals surface area contributed by atoms with Crippen LogP contribution in [0.3, 0.4) is 0 Å². The molecule has 0 saturated carbocycles. The van der Waals surface area contributed by atoms with Crippen molar-refractivity contribution in [2.24, 2.45) is 10.7 Å². The number of unbranched alkanes of at least 4 members (excludes halogenated alkanes) is 13. The third-order valence-electron chi connectivity index (χ3n) is 7.61. The van der Waals surface area contributed by atoms with Crippen LogP contribution in [0.5, 0.6) is 0 Å². The van der Waals surface area contributed by atoms with Gasteiger partial charge in [0.25, 0.3) is 0 Å². The van der Waals surface area contributed by atoms with Gasteiger partial charge < -0.3 is 14.1 Å². The molecule has 1 heterocycles. The Bertz CT molecular complexity index is 652. The van der Waals surface area contributed by atoms with Crippen molar-refractivity contribution in [2.75, 3.05) is 33.7 Å². The zero-order chi connectivity index (χ0) is 36.5. The fraction of sp³-hybridized carbons (Fsp3) is 0.850. The van der Waals surface area contributed by atoms with Crippen molar-refractivity contribution in [1.82, 2.24) is 5.48 Å². The van der Waals surface area contributed by atoms with Gasteiger partial charge in [-0.3, -0.25) is 10.7 Å². The Morgan fingerprint density at radius 2 is 1.33 bits per heavy atom. The summed E-state index contributed by atoms with van der Waals surface area (Å²) in [6.07, 6.45) is 25.6. The fourth-order valence-corrected chi connectivity index (χ4v) is 4.29. The van der Waals surface area contributed by atoms with Crippen molar-refractivity contribution in [3.8, 4) is 0 Å². The van der Waals surface area contributed by atoms with Gasteiger partial charge in [-0.1, -0.05) is 152 Å². The lowest BCUT2D eigenvalue weighted by atomic mass is 10.0. The van der Waals surface area contributed by atoms with E-state index in [2.05, 4.69) is 71.7 Å². The summed E-state index contributed by atoms with van der Waals surface area (Å²) in [6, 6.07) is 0. The van der Waals surface area contributed by atoms with Crippen LogP contribution in [0.4, 0.5) is 0 Å². The van der Waals surface area contributed by atoms with Gasteiger partial charge in [-0.05, 0) is 26.7 Å². The predicted molar refractivity (Wildman–Crippen MR) is 211 cm³/mol. The van der Waals surface area contributed by atoms with E-state index in [-0.39, 0.29) is 6.17 Å². The van der Waals surface area contributed by atoms with Crippen LogP contribution in [0.1, 0.15) is 185 Å². The monoisotopic (exact) mass is 656 g/mol. The SMILES string of the molecule is C=C(C)ONCCCCC.CC.CC.CCCCC=O.CCCCCCCCCCCC.CN=C(C)C1=CCC[N+](C)(C(C)N)C1. The van der Waals surface area contributed by atoms with Crippen LogP contribution in [-0.4, -0.2) is 56.4 Å². The van der Waals surface area contributed by atoms with Crippen LogP contribution in [-0.2, 0) is 9.63 Å². The molecule has 0 radical (unpaired) electrons. The van der Waals surface area contributed by atoms with Crippen molar-refractivity contribution < 1.29 is 14.1 Å². The second-order valence-corrected chi connectivity index (χ2v) is 12.0. The maximum absolute atomic E-state index is 9.56. The van der Waals surface area contributed by atoms with Crippen LogP contribution >= 0.6 is 0 Å². The molecule has 1 aliphatic rings. The molecule has 0 saturated heterocycles. The van der Waals surface area contributed by atoms with Gasteiger partial charge in [0.15, 0.2) is 0 Å². The molecule has 0 bridgehead atoms. The second kappa shape index (κ2) is 45.6. The van der Waals surface area contributed by atoms with E-state index in [1.54, 1.807) is 0 Å². The van der Waals surface area contributed by atoms with Crippen molar-refractivity contribution in [3.63, 3.8) is 0 Å². The molecule has 6 heteroatoms. The minimum absolute atomic E-state index is 0.198. The molecule has 0 spiro atoms. The zero-order valence-electron chi connectivity index (χ0n) is 33.9. The van der Waals surface area contributed by atoms with Gasteiger partial charge in [-0.2, -0.15) is 5.48 Å². The Hall–Kier alpha value is -1.50. The highest BCUT2D eigenvalue weighted by Gasteiger charge is 2.30. The first-order chi connectivity index (χ1) is 22.1. The quantitative estimate of drug-likeness (QED) is 0.0342. The van der Waals surface area contributed by atoms with Gasteiger partial charge in [0.2, 0.25) is 0 Å². The summed E-state index contributed by atoms with van der Waals surface area (Å²) < 4.78 is 0.929. The van der Waals surface area contributed by atoms with E-state index >= 15 is 0 Å². The lowest BCUT2D eigenvalue weighted by Crippen LogP contribution is -2.58. The number of likely N-dealkylation sites (N-methyl/N-ethyl adjacent to an activating group) is 1. The second-order valence-electron chi connectivity index (χ2n) is 12.0. The van der Waals surface area contributed by atoms with Gasteiger partial charge in [0.05, 0.1) is 13.6 Å². The molecule has 0 aromatic heterocycles. The molecule has 1 rings (SSSR count). The number of nitrogens with two attached hydrogens (primary N) is 1. The van der Waals surface area contributed by atoms with Gasteiger partial charge in [-0.15, -0.1) is 0 Å². The molecular weight excluding hydrogens is 568 g/mol. The maximum Gasteiger partial charge on any atom is 0.137 e. The number of allylic oxidation sites excluding steroid dienone is 1. The average Bonchev–Trinajstić information content (AvgIpc) is 3.07. The summed E-state index contributed by atoms with van der Waals surface area (Å²) in [7, 11) is 4.07. The normalized spacial score (nSPS) is 15.6. The summed E-state index contributed by atoms with van der Waals surface area (Å²) in [4.78, 5) is 18.7. The summed E-state index contributed by atoms with van der Waals surface area (Å²) in [5.41, 5.74) is 11.3. The van der Waals surface area contributed by atoms with Crippen molar-refractivity contribution in [1.29, 1.82) is 0 Å². The fourth-order valence-electron chi connectivity index (χ4n) is 4.29. The van der Waals surface area contributed by atoms with Crippen LogP contribution < -0.4 is 11.2 Å². The Morgan fingerprint density at radius 1 is 0.891 bits per heavy atom. The van der Waals surface area contributed by atoms with E-state index in [1.165, 1.54) is 89.0 Å². The number of aldehydes is 1. The number of rotatable bonds is 20. The first-order valence-corrected chi connectivity index (χ1v) is 19.3. The smallest absolute Gasteiger partial charge is 0.137 e. The van der Waals surface area contributed by atoms with Crippen molar-refractivity contribution in [3.05, 3.63) is 24.0 Å². The Labute approximate surface area is 291 Å². The molecule has 0 aromatic rings. The van der Waals surface area contributed by atoms with E-state index in [0.717, 1.165) is 67.6 Å². The molecule has 278 valence electrons. The van der Waals surface area contributed by atoms with Crippen LogP contribution in [0.2, 0.25) is 0 Å². The van der Waals surface area contributed by atoms with Crippen LogP contribution in [0, 0.1) is 0 Å². The molecule has 0 aliphatic carbocycles. The van der Waals surface area contributed by atoms with Gasteiger partial charge in [-0.25, -0.2) is 0 Å². The largest absolute Gasteiger partial charge is 0.414 e. The average molecular weight is 656 g/mol. The van der Waals surface area contributed by atoms with E-state index in [9.17, 15) is 4.79 Å². The molecule has 0 amide bonds. The van der Waals surface area contributed by atoms with E-state index in [4.69, 9.17) is 10.6 Å². The van der Waals surface area contributed by atoms with E-state index < -0.39 is 0 Å². The molecule has 2 unspecified atom stereocenters. The van der Waals surface area contributed by atoms with Crippen molar-refractivity contribution in [2.45, 2.75) is 191 Å². The number of nitrogens with one attached hydrogen (secondary N) is 1. The Balaban J connectivity index is -0.000000161. The van der Waals surface area contributed by atoms with Crippen LogP contribution in [0.15, 0.2) is 29.0 Å². The number of carbonyl (C=O) groups is 1. The third kappa shape index (κ3) is 42.5. The predicted octanol–water partition coefficient (Wildman–Crippen LogP) is 11.7. The highest BCUT2D eigenvalue weighted by atomic mass is 16.6. The Kier molecular flexibility index (Phi) is 53.5. The standard InChI is InChI=1S/C12H26.C11H22N3.C8H17NO.C5H10O.2C2H6/c1-3-5-7-9-11-12-10-8-6-4-2;1-9(13-3)11-6-5-7-14(4,8-11)10(2)12;1-4-5-6-7-9-10-8(2)3;1-2-3-4-5-6;2*1-2/h3-12H2,1-2H3;6,10H,5,7-8,12H2,1-4H3;9H,2,4-7H2,1,3H3;5H,2-4H2,1H3;2*1-2H3/q;+1;;;;. The molecule has 1 aliphatic heterocycles. The van der Waals surface area contributed by atoms with E-state index in [0.29, 0.717) is 0 Å². The first kappa shape index (κ1) is 54.0. The van der Waals surface area contributed by atoms with Crippen LogP contribution in [0.25, 0.3) is 0 Å². The Morgan fingerprint density at radius 3 is 1.67 bits per heavy atom. The first-order valence-electron chi connectivity index (χ1n) is 19.3.